The molecule has 0 bridgehead atoms. The summed E-state index contributed by atoms with van der Waals surface area (Å²) in [4.78, 5) is 10.6. The second kappa shape index (κ2) is 9.07. The largest absolute Gasteiger partial charge is 0.419 e. The fourth-order valence-electron chi connectivity index (χ4n) is 3.84. The lowest BCUT2D eigenvalue weighted by atomic mass is 9.93. The van der Waals surface area contributed by atoms with Crippen molar-refractivity contribution in [2.75, 3.05) is 13.1 Å². The summed E-state index contributed by atoms with van der Waals surface area (Å²) in [5.41, 5.74) is 1.08. The van der Waals surface area contributed by atoms with Crippen LogP contribution in [-0.2, 0) is 12.7 Å². The van der Waals surface area contributed by atoms with E-state index in [9.17, 15) is 17.6 Å². The highest BCUT2D eigenvalue weighted by Crippen LogP contribution is 2.33. The van der Waals surface area contributed by atoms with Crippen molar-refractivity contribution < 1.29 is 17.6 Å². The SMILES string of the molecule is CC.Cc1cc(C2CCCN(Cc3ccc(F)c(C(F)(F)F)c3)C2)n2ncnc2n1. The molecule has 3 aromatic rings. The zero-order chi connectivity index (χ0) is 21.9. The van der Waals surface area contributed by atoms with E-state index >= 15 is 0 Å². The number of fused-ring (bicyclic) bond motifs is 1. The van der Waals surface area contributed by atoms with E-state index in [1.165, 1.54) is 12.4 Å². The number of alkyl halides is 3. The summed E-state index contributed by atoms with van der Waals surface area (Å²) < 4.78 is 54.2. The molecule has 1 atom stereocenters. The van der Waals surface area contributed by atoms with Crippen LogP contribution in [0.3, 0.4) is 0 Å². The van der Waals surface area contributed by atoms with E-state index in [-0.39, 0.29) is 5.92 Å². The lowest BCUT2D eigenvalue weighted by molar-refractivity contribution is -0.140. The maximum atomic E-state index is 13.5. The number of aryl methyl sites for hydroxylation is 1. The Morgan fingerprint density at radius 1 is 1.17 bits per heavy atom. The molecule has 0 amide bonds. The molecule has 0 spiro atoms. The van der Waals surface area contributed by atoms with Crippen LogP contribution < -0.4 is 0 Å². The molecule has 0 saturated carbocycles. The van der Waals surface area contributed by atoms with E-state index in [4.69, 9.17) is 0 Å². The Morgan fingerprint density at radius 3 is 2.67 bits per heavy atom. The summed E-state index contributed by atoms with van der Waals surface area (Å²) in [5, 5.41) is 4.25. The third-order valence-corrected chi connectivity index (χ3v) is 5.07. The molecule has 0 aliphatic carbocycles. The molecule has 1 saturated heterocycles. The van der Waals surface area contributed by atoms with Crippen molar-refractivity contribution in [3.8, 4) is 0 Å². The van der Waals surface area contributed by atoms with Crippen molar-refractivity contribution in [1.29, 1.82) is 0 Å². The maximum Gasteiger partial charge on any atom is 0.419 e. The first-order valence-electron chi connectivity index (χ1n) is 10.1. The number of rotatable bonds is 3. The Labute approximate surface area is 172 Å². The fraction of sp³-hybridized carbons (Fsp3) is 0.476. The molecule has 1 aliphatic rings. The summed E-state index contributed by atoms with van der Waals surface area (Å²) in [6, 6.07) is 5.20. The quantitative estimate of drug-likeness (QED) is 0.557. The second-order valence-electron chi connectivity index (χ2n) is 7.18. The number of nitrogens with zero attached hydrogens (tertiary/aromatic N) is 5. The van der Waals surface area contributed by atoms with E-state index in [0.717, 1.165) is 42.9 Å². The third kappa shape index (κ3) is 4.77. The minimum atomic E-state index is -4.70. The van der Waals surface area contributed by atoms with Crippen molar-refractivity contribution in [3.05, 3.63) is 58.9 Å². The standard InChI is InChI=1S/C19H19F4N5.C2H6/c1-12-7-17(28-18(26-12)24-11-25-28)14-3-2-6-27(10-14)9-13-4-5-16(20)15(8-13)19(21,22)23;1-2/h4-5,7-8,11,14H,2-3,6,9-10H2,1H3;1-2H3. The third-order valence-electron chi connectivity index (χ3n) is 5.07. The summed E-state index contributed by atoms with van der Waals surface area (Å²) in [6.45, 7) is 7.69. The van der Waals surface area contributed by atoms with Crippen LogP contribution in [0.5, 0.6) is 0 Å². The van der Waals surface area contributed by atoms with Gasteiger partial charge in [-0.2, -0.15) is 23.3 Å². The van der Waals surface area contributed by atoms with Crippen molar-refractivity contribution in [1.82, 2.24) is 24.5 Å². The number of likely N-dealkylation sites (tertiary alicyclic amines) is 1. The van der Waals surface area contributed by atoms with Gasteiger partial charge < -0.3 is 0 Å². The molecule has 1 aromatic carbocycles. The molecule has 30 heavy (non-hydrogen) atoms. The summed E-state index contributed by atoms with van der Waals surface area (Å²) in [6.07, 6.45) is -1.37. The topological polar surface area (TPSA) is 46.3 Å². The first-order chi connectivity index (χ1) is 14.3. The van der Waals surface area contributed by atoms with Crippen molar-refractivity contribution >= 4 is 5.78 Å². The summed E-state index contributed by atoms with van der Waals surface area (Å²) in [7, 11) is 0. The van der Waals surface area contributed by atoms with Gasteiger partial charge >= 0.3 is 6.18 Å². The lowest BCUT2D eigenvalue weighted by Gasteiger charge is -2.33. The van der Waals surface area contributed by atoms with Crippen LogP contribution in [-0.4, -0.2) is 37.6 Å². The van der Waals surface area contributed by atoms with Crippen LogP contribution >= 0.6 is 0 Å². The van der Waals surface area contributed by atoms with Crippen LogP contribution in [0.4, 0.5) is 17.6 Å². The van der Waals surface area contributed by atoms with E-state index in [1.54, 1.807) is 4.52 Å². The molecule has 162 valence electrons. The monoisotopic (exact) mass is 423 g/mol. The van der Waals surface area contributed by atoms with Gasteiger partial charge in [-0.1, -0.05) is 19.9 Å². The number of aromatic nitrogens is 4. The van der Waals surface area contributed by atoms with Crippen LogP contribution in [0.1, 0.15) is 55.1 Å². The average Bonchev–Trinajstić information content (AvgIpc) is 3.18. The van der Waals surface area contributed by atoms with E-state index < -0.39 is 17.6 Å². The Kier molecular flexibility index (Phi) is 6.70. The molecule has 3 heterocycles. The second-order valence-corrected chi connectivity index (χ2v) is 7.18. The Balaban J connectivity index is 0.00000124. The number of hydrogen-bond donors (Lipinski definition) is 0. The zero-order valence-electron chi connectivity index (χ0n) is 17.2. The van der Waals surface area contributed by atoms with Gasteiger partial charge in [-0.3, -0.25) is 4.90 Å². The smallest absolute Gasteiger partial charge is 0.298 e. The molecule has 1 aliphatic heterocycles. The van der Waals surface area contributed by atoms with Crippen molar-refractivity contribution in [2.45, 2.75) is 52.3 Å². The first kappa shape index (κ1) is 22.1. The fourth-order valence-corrected chi connectivity index (χ4v) is 3.84. The normalized spacial score (nSPS) is 17.6. The van der Waals surface area contributed by atoms with Gasteiger partial charge in [0.05, 0.1) is 11.3 Å². The highest BCUT2D eigenvalue weighted by Gasteiger charge is 2.34. The summed E-state index contributed by atoms with van der Waals surface area (Å²) >= 11 is 0. The van der Waals surface area contributed by atoms with Gasteiger partial charge in [-0.05, 0) is 50.1 Å². The molecule has 4 rings (SSSR count). The van der Waals surface area contributed by atoms with Gasteiger partial charge in [0.25, 0.3) is 5.78 Å². The van der Waals surface area contributed by atoms with E-state index in [1.807, 2.05) is 26.8 Å². The van der Waals surface area contributed by atoms with E-state index in [2.05, 4.69) is 20.0 Å². The average molecular weight is 423 g/mol. The van der Waals surface area contributed by atoms with E-state index in [0.29, 0.717) is 24.4 Å². The zero-order valence-corrected chi connectivity index (χ0v) is 17.2. The minimum absolute atomic E-state index is 0.169. The van der Waals surface area contributed by atoms with Crippen LogP contribution in [0.15, 0.2) is 30.6 Å². The van der Waals surface area contributed by atoms with Crippen molar-refractivity contribution in [2.24, 2.45) is 0 Å². The number of piperidine rings is 1. The first-order valence-corrected chi connectivity index (χ1v) is 10.1. The van der Waals surface area contributed by atoms with Crippen molar-refractivity contribution in [3.63, 3.8) is 0 Å². The van der Waals surface area contributed by atoms with Gasteiger partial charge in [0.2, 0.25) is 0 Å². The number of benzene rings is 1. The molecule has 1 fully saturated rings. The molecular formula is C21H25F4N5. The highest BCUT2D eigenvalue weighted by atomic mass is 19.4. The molecule has 5 nitrogen and oxygen atoms in total. The lowest BCUT2D eigenvalue weighted by Crippen LogP contribution is -2.34. The Hall–Kier alpha value is -2.55. The van der Waals surface area contributed by atoms with Crippen LogP contribution in [0.2, 0.25) is 0 Å². The number of halogens is 4. The molecular weight excluding hydrogens is 398 g/mol. The Morgan fingerprint density at radius 2 is 1.93 bits per heavy atom. The van der Waals surface area contributed by atoms with Gasteiger partial charge in [-0.25, -0.2) is 13.9 Å². The van der Waals surface area contributed by atoms with Gasteiger partial charge in [0, 0.05) is 24.7 Å². The highest BCUT2D eigenvalue weighted by molar-refractivity contribution is 5.32. The molecule has 2 aromatic heterocycles. The number of hydrogen-bond acceptors (Lipinski definition) is 4. The van der Waals surface area contributed by atoms with Crippen LogP contribution in [0.25, 0.3) is 5.78 Å². The molecule has 1 unspecified atom stereocenters. The molecule has 9 heteroatoms. The maximum absolute atomic E-state index is 13.5. The van der Waals surface area contributed by atoms with Gasteiger partial charge in [0.1, 0.15) is 12.1 Å². The molecule has 0 N–H and O–H groups in total. The molecule has 0 radical (unpaired) electrons. The van der Waals surface area contributed by atoms with Crippen LogP contribution in [0, 0.1) is 12.7 Å². The Bertz CT molecular complexity index is 999. The predicted octanol–water partition coefficient (Wildman–Crippen LogP) is 5.00. The van der Waals surface area contributed by atoms with Gasteiger partial charge in [0.15, 0.2) is 0 Å². The summed E-state index contributed by atoms with van der Waals surface area (Å²) in [5.74, 6) is -0.531. The van der Waals surface area contributed by atoms with Gasteiger partial charge in [-0.15, -0.1) is 0 Å². The predicted molar refractivity (Wildman–Crippen MR) is 106 cm³/mol. The minimum Gasteiger partial charge on any atom is -0.298 e.